The highest BCUT2D eigenvalue weighted by Gasteiger charge is 2.23. The lowest BCUT2D eigenvalue weighted by atomic mass is 9.97. The van der Waals surface area contributed by atoms with Crippen LogP contribution in [0.15, 0.2) is 16.6 Å². The fourth-order valence-electron chi connectivity index (χ4n) is 1.86. The number of Topliss-reactive ketones (excluding diaryl/α,β-unsaturated/α-hetero) is 1. The Morgan fingerprint density at radius 1 is 1.59 bits per heavy atom. The van der Waals surface area contributed by atoms with Crippen LogP contribution in [0, 0.1) is 11.7 Å². The van der Waals surface area contributed by atoms with Crippen LogP contribution in [0.4, 0.5) is 4.39 Å². The molecule has 1 atom stereocenters. The van der Waals surface area contributed by atoms with Crippen LogP contribution in [0.3, 0.4) is 0 Å². The third-order valence-corrected chi connectivity index (χ3v) is 4.09. The quantitative estimate of drug-likeness (QED) is 0.624. The Labute approximate surface area is 112 Å². The maximum Gasteiger partial charge on any atom is 0.166 e. The zero-order valence-corrected chi connectivity index (χ0v) is 11.4. The van der Waals surface area contributed by atoms with Gasteiger partial charge < -0.3 is 4.74 Å². The van der Waals surface area contributed by atoms with Gasteiger partial charge in [0.15, 0.2) is 11.6 Å². The topological polar surface area (TPSA) is 26.3 Å². The smallest absolute Gasteiger partial charge is 0.166 e. The van der Waals surface area contributed by atoms with Gasteiger partial charge in [0.05, 0.1) is 10.6 Å². The average Bonchev–Trinajstić information content (AvgIpc) is 2.78. The molecule has 2 nitrogen and oxygen atoms in total. The zero-order valence-electron chi connectivity index (χ0n) is 9.01. The molecule has 0 aliphatic carbocycles. The van der Waals surface area contributed by atoms with Crippen LogP contribution >= 0.6 is 27.5 Å². The first-order valence-corrected chi connectivity index (χ1v) is 6.51. The molecule has 1 unspecified atom stereocenters. The van der Waals surface area contributed by atoms with Gasteiger partial charge in [0.1, 0.15) is 0 Å². The summed E-state index contributed by atoms with van der Waals surface area (Å²) in [5, 5.41) is -0.0430. The fourth-order valence-corrected chi connectivity index (χ4v) is 2.33. The minimum Gasteiger partial charge on any atom is -0.381 e. The molecule has 1 aliphatic rings. The molecule has 92 valence electrons. The Bertz CT molecular complexity index is 444. The number of hydrogen-bond donors (Lipinski definition) is 0. The normalized spacial score (nSPS) is 19.6. The van der Waals surface area contributed by atoms with Crippen molar-refractivity contribution in [2.75, 3.05) is 13.2 Å². The van der Waals surface area contributed by atoms with Crippen molar-refractivity contribution in [1.82, 2.24) is 0 Å². The molecule has 5 heteroatoms. The Hall–Kier alpha value is -0.450. The van der Waals surface area contributed by atoms with Crippen LogP contribution in [-0.4, -0.2) is 19.0 Å². The van der Waals surface area contributed by atoms with Crippen LogP contribution in [0.2, 0.25) is 5.02 Å². The molecule has 1 heterocycles. The predicted molar refractivity (Wildman–Crippen MR) is 67.0 cm³/mol. The van der Waals surface area contributed by atoms with Gasteiger partial charge >= 0.3 is 0 Å². The van der Waals surface area contributed by atoms with E-state index < -0.39 is 5.82 Å². The Kier molecular flexibility index (Phi) is 4.17. The molecule has 1 aliphatic heterocycles. The lowest BCUT2D eigenvalue weighted by Crippen LogP contribution is -2.10. The number of rotatable bonds is 3. The van der Waals surface area contributed by atoms with Gasteiger partial charge in [-0.2, -0.15) is 0 Å². The molecular formula is C12H11BrClFO2. The van der Waals surface area contributed by atoms with Gasteiger partial charge in [-0.25, -0.2) is 4.39 Å². The molecule has 0 radical (unpaired) electrons. The van der Waals surface area contributed by atoms with E-state index in [1.807, 2.05) is 0 Å². The van der Waals surface area contributed by atoms with Crippen LogP contribution in [-0.2, 0) is 4.74 Å². The molecule has 0 aromatic heterocycles. The van der Waals surface area contributed by atoms with E-state index in [9.17, 15) is 9.18 Å². The van der Waals surface area contributed by atoms with Crippen molar-refractivity contribution in [3.05, 3.63) is 33.0 Å². The first-order chi connectivity index (χ1) is 8.09. The van der Waals surface area contributed by atoms with Gasteiger partial charge in [-0.3, -0.25) is 4.79 Å². The molecule has 0 bridgehead atoms. The third kappa shape index (κ3) is 2.87. The Morgan fingerprint density at radius 2 is 2.35 bits per heavy atom. The second-order valence-electron chi connectivity index (χ2n) is 4.08. The van der Waals surface area contributed by atoms with E-state index in [0.717, 1.165) is 6.42 Å². The Balaban J connectivity index is 2.16. The lowest BCUT2D eigenvalue weighted by Gasteiger charge is -2.08. The number of hydrogen-bond acceptors (Lipinski definition) is 2. The Morgan fingerprint density at radius 3 is 3.00 bits per heavy atom. The summed E-state index contributed by atoms with van der Waals surface area (Å²) in [4.78, 5) is 11.9. The van der Waals surface area contributed by atoms with Crippen LogP contribution in [0.25, 0.3) is 0 Å². The highest BCUT2D eigenvalue weighted by Crippen LogP contribution is 2.29. The average molecular weight is 322 g/mol. The molecule has 0 N–H and O–H groups in total. The summed E-state index contributed by atoms with van der Waals surface area (Å²) in [6, 6.07) is 3.05. The van der Waals surface area contributed by atoms with E-state index in [1.165, 1.54) is 6.07 Å². The number of ketones is 1. The van der Waals surface area contributed by atoms with Gasteiger partial charge in [-0.05, 0) is 40.4 Å². The van der Waals surface area contributed by atoms with Crippen LogP contribution in [0.5, 0.6) is 0 Å². The molecule has 0 amide bonds. The molecule has 1 aromatic rings. The SMILES string of the molecule is O=C(CC1CCOC1)c1ccc(Br)c(Cl)c1F. The van der Waals surface area contributed by atoms with E-state index >= 15 is 0 Å². The molecule has 1 aromatic carbocycles. The van der Waals surface area contributed by atoms with Crippen molar-refractivity contribution in [3.8, 4) is 0 Å². The third-order valence-electron chi connectivity index (χ3n) is 2.83. The summed E-state index contributed by atoms with van der Waals surface area (Å²) in [7, 11) is 0. The van der Waals surface area contributed by atoms with Gasteiger partial charge in [0, 0.05) is 24.1 Å². The number of carbonyl (C=O) groups excluding carboxylic acids is 1. The number of ether oxygens (including phenoxy) is 1. The molecule has 1 fully saturated rings. The maximum absolute atomic E-state index is 13.8. The maximum atomic E-state index is 13.8. The molecule has 0 saturated carbocycles. The number of benzene rings is 1. The van der Waals surface area contributed by atoms with Crippen molar-refractivity contribution in [2.45, 2.75) is 12.8 Å². The minimum absolute atomic E-state index is 0.0430. The van der Waals surface area contributed by atoms with E-state index in [2.05, 4.69) is 15.9 Å². The second kappa shape index (κ2) is 5.46. The zero-order chi connectivity index (χ0) is 12.4. The molecule has 0 spiro atoms. The fraction of sp³-hybridized carbons (Fsp3) is 0.417. The first kappa shape index (κ1) is 13.0. The lowest BCUT2D eigenvalue weighted by molar-refractivity contribution is 0.0949. The number of halogens is 3. The van der Waals surface area contributed by atoms with Crippen molar-refractivity contribution in [3.63, 3.8) is 0 Å². The van der Waals surface area contributed by atoms with Crippen molar-refractivity contribution in [1.29, 1.82) is 0 Å². The van der Waals surface area contributed by atoms with Gasteiger partial charge in [-0.15, -0.1) is 0 Å². The summed E-state index contributed by atoms with van der Waals surface area (Å²) in [5.41, 5.74) is 0.0603. The predicted octanol–water partition coefficient (Wildman–Crippen LogP) is 3.85. The molecule has 1 saturated heterocycles. The largest absolute Gasteiger partial charge is 0.381 e. The van der Waals surface area contributed by atoms with Crippen LogP contribution in [0.1, 0.15) is 23.2 Å². The molecule has 2 rings (SSSR count). The minimum atomic E-state index is -0.648. The first-order valence-electron chi connectivity index (χ1n) is 5.34. The highest BCUT2D eigenvalue weighted by atomic mass is 79.9. The molecular weight excluding hydrogens is 310 g/mol. The van der Waals surface area contributed by atoms with E-state index in [-0.39, 0.29) is 22.3 Å². The van der Waals surface area contributed by atoms with Crippen LogP contribution < -0.4 is 0 Å². The van der Waals surface area contributed by atoms with Crippen molar-refractivity contribution >= 4 is 33.3 Å². The van der Waals surface area contributed by atoms with E-state index in [4.69, 9.17) is 16.3 Å². The molecule has 17 heavy (non-hydrogen) atoms. The number of carbonyl (C=O) groups is 1. The monoisotopic (exact) mass is 320 g/mol. The van der Waals surface area contributed by atoms with E-state index in [0.29, 0.717) is 24.1 Å². The van der Waals surface area contributed by atoms with Crippen molar-refractivity contribution in [2.24, 2.45) is 5.92 Å². The summed E-state index contributed by atoms with van der Waals surface area (Å²) >= 11 is 8.86. The van der Waals surface area contributed by atoms with Gasteiger partial charge in [-0.1, -0.05) is 11.6 Å². The summed E-state index contributed by atoms with van der Waals surface area (Å²) in [5.74, 6) is -0.665. The van der Waals surface area contributed by atoms with E-state index in [1.54, 1.807) is 6.07 Å². The standard InChI is InChI=1S/C12H11BrClFO2/c13-9-2-1-8(12(15)11(9)14)10(16)5-7-3-4-17-6-7/h1-2,7H,3-6H2. The summed E-state index contributed by atoms with van der Waals surface area (Å²) in [6.07, 6.45) is 1.17. The van der Waals surface area contributed by atoms with Crippen molar-refractivity contribution < 1.29 is 13.9 Å². The second-order valence-corrected chi connectivity index (χ2v) is 5.31. The summed E-state index contributed by atoms with van der Waals surface area (Å²) < 4.78 is 19.4. The van der Waals surface area contributed by atoms with Gasteiger partial charge in [0.25, 0.3) is 0 Å². The summed E-state index contributed by atoms with van der Waals surface area (Å²) in [6.45, 7) is 1.26. The van der Waals surface area contributed by atoms with Gasteiger partial charge in [0.2, 0.25) is 0 Å². The highest BCUT2D eigenvalue weighted by molar-refractivity contribution is 9.10.